The molecule has 0 saturated heterocycles. The van der Waals surface area contributed by atoms with Gasteiger partial charge in [-0.1, -0.05) is 0 Å². The predicted molar refractivity (Wildman–Crippen MR) is 49.1 cm³/mol. The Morgan fingerprint density at radius 1 is 1.50 bits per heavy atom. The zero-order valence-corrected chi connectivity index (χ0v) is 8.14. The van der Waals surface area contributed by atoms with Gasteiger partial charge in [0.1, 0.15) is 12.1 Å². The number of H-pyrrole nitrogens is 1. The van der Waals surface area contributed by atoms with Crippen molar-refractivity contribution in [2.45, 2.75) is 25.3 Å². The first-order valence-corrected chi connectivity index (χ1v) is 4.25. The van der Waals surface area contributed by atoms with Gasteiger partial charge in [-0.15, -0.1) is 0 Å². The zero-order valence-electron chi connectivity index (χ0n) is 8.14. The number of aromatic amines is 1. The normalized spacial score (nSPS) is 16.7. The molecule has 0 aliphatic rings. The molecule has 0 bridgehead atoms. The van der Waals surface area contributed by atoms with Crippen molar-refractivity contribution in [3.05, 3.63) is 23.5 Å². The molecule has 0 aromatic carbocycles. The van der Waals surface area contributed by atoms with E-state index in [9.17, 15) is 8.78 Å². The number of nitrogens with one attached hydrogen (secondary N) is 1. The number of hydrogen-bond donors (Lipinski definition) is 3. The van der Waals surface area contributed by atoms with Gasteiger partial charge in [-0.25, -0.2) is 8.78 Å². The van der Waals surface area contributed by atoms with E-state index in [4.69, 9.17) is 10.8 Å². The lowest BCUT2D eigenvalue weighted by molar-refractivity contribution is -0.109. The number of alkyl halides is 2. The number of aliphatic hydroxyl groups excluding tert-OH is 1. The Kier molecular flexibility index (Phi) is 2.65. The molecule has 0 unspecified atom stereocenters. The van der Waals surface area contributed by atoms with Gasteiger partial charge in [0.25, 0.3) is 5.92 Å². The molecule has 5 heteroatoms. The van der Waals surface area contributed by atoms with Crippen LogP contribution in [0.1, 0.15) is 18.3 Å². The molecule has 14 heavy (non-hydrogen) atoms. The Hall–Kier alpha value is -0.940. The van der Waals surface area contributed by atoms with Gasteiger partial charge in [0.05, 0.1) is 0 Å². The first-order valence-electron chi connectivity index (χ1n) is 4.25. The average Bonchev–Trinajstić information content (AvgIpc) is 2.52. The fourth-order valence-corrected chi connectivity index (χ4v) is 1.17. The third-order valence-electron chi connectivity index (χ3n) is 2.35. The predicted octanol–water partition coefficient (Wildman–Crippen LogP) is 1.12. The molecule has 0 amide bonds. The Morgan fingerprint density at radius 2 is 2.07 bits per heavy atom. The molecule has 80 valence electrons. The number of halogens is 2. The number of rotatable bonds is 3. The molecule has 0 aliphatic heterocycles. The maximum absolute atomic E-state index is 13.2. The van der Waals surface area contributed by atoms with E-state index in [1.807, 2.05) is 0 Å². The molecule has 0 aliphatic carbocycles. The molecule has 1 rings (SSSR count). The molecule has 1 aromatic heterocycles. The number of aromatic nitrogens is 1. The van der Waals surface area contributed by atoms with Crippen LogP contribution in [-0.2, 0) is 5.54 Å². The molecule has 0 fully saturated rings. The smallest absolute Gasteiger partial charge is 0.293 e. The zero-order chi connectivity index (χ0) is 11.0. The van der Waals surface area contributed by atoms with Gasteiger partial charge < -0.3 is 15.8 Å². The van der Waals surface area contributed by atoms with Crippen LogP contribution in [0, 0.1) is 6.92 Å². The first kappa shape index (κ1) is 11.1. The minimum absolute atomic E-state index is 0.217. The Balaban J connectivity index is 3.07. The van der Waals surface area contributed by atoms with Crippen molar-refractivity contribution in [3.8, 4) is 0 Å². The highest BCUT2D eigenvalue weighted by Gasteiger charge is 2.48. The molecule has 1 atom stereocenters. The van der Waals surface area contributed by atoms with Crippen molar-refractivity contribution < 1.29 is 13.9 Å². The van der Waals surface area contributed by atoms with Gasteiger partial charge in [0, 0.05) is 11.4 Å². The van der Waals surface area contributed by atoms with Crippen LogP contribution in [0.5, 0.6) is 0 Å². The van der Waals surface area contributed by atoms with Crippen LogP contribution in [0.2, 0.25) is 0 Å². The summed E-state index contributed by atoms with van der Waals surface area (Å²) in [6.07, 6.45) is 0. The standard InChI is InChI=1S/C9H14F2N2O/c1-6-3-4-7(13-6)8(2,12)9(10,11)5-14/h3-4,13-14H,5,12H2,1-2H3/t8-/m0/s1. The highest BCUT2D eigenvalue weighted by atomic mass is 19.3. The first-order chi connectivity index (χ1) is 6.31. The summed E-state index contributed by atoms with van der Waals surface area (Å²) in [5.74, 6) is -3.34. The maximum atomic E-state index is 13.2. The fourth-order valence-electron chi connectivity index (χ4n) is 1.17. The van der Waals surface area contributed by atoms with Gasteiger partial charge in [-0.3, -0.25) is 0 Å². The quantitative estimate of drug-likeness (QED) is 0.691. The van der Waals surface area contributed by atoms with E-state index in [-0.39, 0.29) is 5.69 Å². The largest absolute Gasteiger partial charge is 0.390 e. The highest BCUT2D eigenvalue weighted by Crippen LogP contribution is 2.34. The van der Waals surface area contributed by atoms with E-state index in [1.54, 1.807) is 13.0 Å². The van der Waals surface area contributed by atoms with Gasteiger partial charge >= 0.3 is 0 Å². The molecular weight excluding hydrogens is 190 g/mol. The molecule has 1 heterocycles. The third kappa shape index (κ3) is 1.65. The van der Waals surface area contributed by atoms with Gasteiger partial charge in [0.2, 0.25) is 0 Å². The topological polar surface area (TPSA) is 62.0 Å². The summed E-state index contributed by atoms with van der Waals surface area (Å²) in [4.78, 5) is 2.74. The summed E-state index contributed by atoms with van der Waals surface area (Å²) in [6.45, 7) is 1.67. The van der Waals surface area contributed by atoms with Crippen molar-refractivity contribution in [2.24, 2.45) is 5.73 Å². The number of nitrogens with two attached hydrogens (primary N) is 1. The Bertz CT molecular complexity index is 320. The number of hydrogen-bond acceptors (Lipinski definition) is 2. The summed E-state index contributed by atoms with van der Waals surface area (Å²) in [7, 11) is 0. The van der Waals surface area contributed by atoms with Crippen molar-refractivity contribution >= 4 is 0 Å². The van der Waals surface area contributed by atoms with Crippen LogP contribution in [0.4, 0.5) is 8.78 Å². The molecular formula is C9H14F2N2O. The average molecular weight is 204 g/mol. The summed E-state index contributed by atoms with van der Waals surface area (Å²) in [5, 5.41) is 8.55. The van der Waals surface area contributed by atoms with Crippen LogP contribution in [0.3, 0.4) is 0 Å². The second-order valence-electron chi connectivity index (χ2n) is 3.62. The van der Waals surface area contributed by atoms with Crippen molar-refractivity contribution in [2.75, 3.05) is 6.61 Å². The van der Waals surface area contributed by atoms with Crippen LogP contribution in [-0.4, -0.2) is 22.6 Å². The Labute approximate surface area is 80.9 Å². The van der Waals surface area contributed by atoms with Crippen LogP contribution < -0.4 is 5.73 Å². The number of aliphatic hydroxyl groups is 1. The highest BCUT2D eigenvalue weighted by molar-refractivity contribution is 5.22. The fraction of sp³-hybridized carbons (Fsp3) is 0.556. The van der Waals surface area contributed by atoms with Gasteiger partial charge in [-0.05, 0) is 26.0 Å². The van der Waals surface area contributed by atoms with Crippen molar-refractivity contribution in [1.29, 1.82) is 0 Å². The van der Waals surface area contributed by atoms with E-state index >= 15 is 0 Å². The SMILES string of the molecule is Cc1ccc([C@](C)(N)C(F)(F)CO)[nH]1. The summed E-state index contributed by atoms with van der Waals surface area (Å²) < 4.78 is 26.5. The monoisotopic (exact) mass is 204 g/mol. The molecule has 0 saturated carbocycles. The molecule has 4 N–H and O–H groups in total. The minimum atomic E-state index is -3.34. The van der Waals surface area contributed by atoms with Crippen LogP contribution in [0.25, 0.3) is 0 Å². The lowest BCUT2D eigenvalue weighted by Crippen LogP contribution is -2.52. The van der Waals surface area contributed by atoms with Crippen molar-refractivity contribution in [1.82, 2.24) is 4.98 Å². The van der Waals surface area contributed by atoms with Gasteiger partial charge in [0.15, 0.2) is 0 Å². The second-order valence-corrected chi connectivity index (χ2v) is 3.62. The maximum Gasteiger partial charge on any atom is 0.293 e. The summed E-state index contributed by atoms with van der Waals surface area (Å²) in [5.41, 5.74) is 4.59. The van der Waals surface area contributed by atoms with E-state index in [0.717, 1.165) is 5.69 Å². The lowest BCUT2D eigenvalue weighted by atomic mass is 9.91. The molecule has 0 spiro atoms. The van der Waals surface area contributed by atoms with Crippen LogP contribution >= 0.6 is 0 Å². The molecule has 3 nitrogen and oxygen atoms in total. The van der Waals surface area contributed by atoms with E-state index in [0.29, 0.717) is 0 Å². The van der Waals surface area contributed by atoms with E-state index in [2.05, 4.69) is 4.98 Å². The molecule has 1 aromatic rings. The second kappa shape index (κ2) is 3.33. The third-order valence-corrected chi connectivity index (χ3v) is 2.35. The molecule has 0 radical (unpaired) electrons. The minimum Gasteiger partial charge on any atom is -0.390 e. The van der Waals surface area contributed by atoms with E-state index in [1.165, 1.54) is 13.0 Å². The summed E-state index contributed by atoms with van der Waals surface area (Å²) in [6, 6.07) is 3.16. The van der Waals surface area contributed by atoms with Gasteiger partial charge in [-0.2, -0.15) is 0 Å². The number of aryl methyl sites for hydroxylation is 1. The van der Waals surface area contributed by atoms with Crippen LogP contribution in [0.15, 0.2) is 12.1 Å². The lowest BCUT2D eigenvalue weighted by Gasteiger charge is -2.31. The summed E-state index contributed by atoms with van der Waals surface area (Å²) >= 11 is 0. The van der Waals surface area contributed by atoms with Crippen molar-refractivity contribution in [3.63, 3.8) is 0 Å². The Morgan fingerprint density at radius 3 is 2.43 bits per heavy atom. The van der Waals surface area contributed by atoms with E-state index < -0.39 is 18.1 Å².